The second-order valence-electron chi connectivity index (χ2n) is 5.97. The Bertz CT molecular complexity index is 880. The number of phenolic OH excluding ortho intramolecular Hbond substituents is 2. The molecule has 3 N–H and O–H groups in total. The lowest BCUT2D eigenvalue weighted by Crippen LogP contribution is -2.39. The summed E-state index contributed by atoms with van der Waals surface area (Å²) in [6.45, 7) is 4.17. The van der Waals surface area contributed by atoms with E-state index in [1.54, 1.807) is 18.3 Å². The molecule has 130 valence electrons. The lowest BCUT2D eigenvalue weighted by Gasteiger charge is -2.33. The minimum atomic E-state index is -0.301. The summed E-state index contributed by atoms with van der Waals surface area (Å²) >= 11 is 5.28. The highest BCUT2D eigenvalue weighted by Crippen LogP contribution is 2.37. The molecule has 0 radical (unpaired) electrons. The first-order valence-corrected chi connectivity index (χ1v) is 8.40. The molecule has 1 aliphatic heterocycles. The molecule has 0 saturated carbocycles. The standard InChI is InChI=1S/C19H19FN2O2S/c1-3-12-7-14(18(24)8-17(12)23)16-9-21-19(25)10-22(16)15-5-4-13(20)6-11(15)2/h4-9,23-24H,3,10H2,1-2H3,(H,21,25). The molecule has 2 aromatic carbocycles. The molecule has 1 heterocycles. The molecular formula is C19H19FN2O2S. The SMILES string of the molecule is CCc1cc(C2=CNC(=S)CN2c2ccc(F)cc2C)c(O)cc1O. The Hall–Kier alpha value is -2.60. The van der Waals surface area contributed by atoms with Gasteiger partial charge in [0.25, 0.3) is 0 Å². The summed E-state index contributed by atoms with van der Waals surface area (Å²) in [4.78, 5) is 2.56. The van der Waals surface area contributed by atoms with Gasteiger partial charge < -0.3 is 20.4 Å². The van der Waals surface area contributed by atoms with E-state index < -0.39 is 0 Å². The Balaban J connectivity index is 2.14. The van der Waals surface area contributed by atoms with Gasteiger partial charge in [-0.05, 0) is 48.7 Å². The van der Waals surface area contributed by atoms with Crippen LogP contribution < -0.4 is 10.2 Å². The van der Waals surface area contributed by atoms with Crippen molar-refractivity contribution < 1.29 is 14.6 Å². The van der Waals surface area contributed by atoms with E-state index in [0.29, 0.717) is 29.2 Å². The Labute approximate surface area is 151 Å². The highest BCUT2D eigenvalue weighted by Gasteiger charge is 2.24. The fourth-order valence-corrected chi connectivity index (χ4v) is 3.16. The maximum absolute atomic E-state index is 13.5. The maximum atomic E-state index is 13.5. The van der Waals surface area contributed by atoms with Gasteiger partial charge in [0.05, 0.1) is 17.2 Å². The number of benzene rings is 2. The zero-order valence-electron chi connectivity index (χ0n) is 14.0. The summed E-state index contributed by atoms with van der Waals surface area (Å²) in [5.41, 5.74) is 3.59. The number of rotatable bonds is 3. The summed E-state index contributed by atoms with van der Waals surface area (Å²) in [6, 6.07) is 7.67. The zero-order chi connectivity index (χ0) is 18.1. The number of hydrogen-bond donors (Lipinski definition) is 3. The normalized spacial score (nSPS) is 14.3. The van der Waals surface area contributed by atoms with Gasteiger partial charge in [0.1, 0.15) is 17.3 Å². The predicted molar refractivity (Wildman–Crippen MR) is 101 cm³/mol. The first-order valence-electron chi connectivity index (χ1n) is 7.99. The molecule has 1 aliphatic rings. The molecule has 6 heteroatoms. The van der Waals surface area contributed by atoms with Crippen LogP contribution in [0, 0.1) is 12.7 Å². The van der Waals surface area contributed by atoms with Crippen molar-refractivity contribution in [2.45, 2.75) is 20.3 Å². The largest absolute Gasteiger partial charge is 0.508 e. The Morgan fingerprint density at radius 1 is 1.20 bits per heavy atom. The topological polar surface area (TPSA) is 55.7 Å². The molecule has 0 atom stereocenters. The molecule has 0 saturated heterocycles. The molecule has 0 unspecified atom stereocenters. The molecule has 0 amide bonds. The lowest BCUT2D eigenvalue weighted by molar-refractivity contribution is 0.445. The zero-order valence-corrected chi connectivity index (χ0v) is 14.8. The molecule has 25 heavy (non-hydrogen) atoms. The van der Waals surface area contributed by atoms with Crippen LogP contribution in [0.25, 0.3) is 5.70 Å². The maximum Gasteiger partial charge on any atom is 0.128 e. The third-order valence-electron chi connectivity index (χ3n) is 4.27. The summed E-state index contributed by atoms with van der Waals surface area (Å²) in [5.74, 6) is -0.265. The van der Waals surface area contributed by atoms with Crippen molar-refractivity contribution >= 4 is 28.6 Å². The fourth-order valence-electron chi connectivity index (χ4n) is 2.97. The van der Waals surface area contributed by atoms with Gasteiger partial charge in [0, 0.05) is 23.5 Å². The number of nitrogens with one attached hydrogen (secondary N) is 1. The molecule has 0 spiro atoms. The first-order chi connectivity index (χ1) is 11.9. The minimum Gasteiger partial charge on any atom is -0.508 e. The lowest BCUT2D eigenvalue weighted by atomic mass is 10.0. The van der Waals surface area contributed by atoms with E-state index in [2.05, 4.69) is 5.32 Å². The van der Waals surface area contributed by atoms with Crippen LogP contribution in [0.2, 0.25) is 0 Å². The number of aromatic hydroxyl groups is 2. The number of anilines is 1. The summed E-state index contributed by atoms with van der Waals surface area (Å²) in [5, 5.41) is 23.3. The van der Waals surface area contributed by atoms with Crippen molar-refractivity contribution in [2.75, 3.05) is 11.4 Å². The van der Waals surface area contributed by atoms with Crippen LogP contribution in [-0.4, -0.2) is 21.7 Å². The van der Waals surface area contributed by atoms with Crippen molar-refractivity contribution in [3.8, 4) is 11.5 Å². The average Bonchev–Trinajstić information content (AvgIpc) is 2.55. The molecule has 2 aromatic rings. The quantitative estimate of drug-likeness (QED) is 0.728. The summed E-state index contributed by atoms with van der Waals surface area (Å²) in [7, 11) is 0. The second-order valence-corrected chi connectivity index (χ2v) is 6.46. The number of thiocarbonyl (C=S) groups is 1. The van der Waals surface area contributed by atoms with Gasteiger partial charge in [-0.2, -0.15) is 0 Å². The van der Waals surface area contributed by atoms with Gasteiger partial charge in [-0.3, -0.25) is 0 Å². The predicted octanol–water partition coefficient (Wildman–Crippen LogP) is 3.84. The molecule has 0 bridgehead atoms. The molecule has 0 aromatic heterocycles. The smallest absolute Gasteiger partial charge is 0.128 e. The van der Waals surface area contributed by atoms with E-state index in [-0.39, 0.29) is 17.3 Å². The van der Waals surface area contributed by atoms with Crippen molar-refractivity contribution in [1.29, 1.82) is 0 Å². The number of phenols is 2. The van der Waals surface area contributed by atoms with Gasteiger partial charge in [-0.1, -0.05) is 19.1 Å². The summed E-state index contributed by atoms with van der Waals surface area (Å²) in [6.07, 6.45) is 2.36. The molecule has 0 fully saturated rings. The Kier molecular flexibility index (Phi) is 4.63. The van der Waals surface area contributed by atoms with Gasteiger partial charge in [0.15, 0.2) is 0 Å². The minimum absolute atomic E-state index is 0.0275. The van der Waals surface area contributed by atoms with Crippen molar-refractivity contribution in [1.82, 2.24) is 5.32 Å². The molecular weight excluding hydrogens is 339 g/mol. The number of nitrogens with zero attached hydrogens (tertiary/aromatic N) is 1. The fraction of sp³-hybridized carbons (Fsp3) is 0.211. The monoisotopic (exact) mass is 358 g/mol. The summed E-state index contributed by atoms with van der Waals surface area (Å²) < 4.78 is 13.5. The number of halogens is 1. The highest BCUT2D eigenvalue weighted by atomic mass is 32.1. The van der Waals surface area contributed by atoms with E-state index in [9.17, 15) is 14.6 Å². The van der Waals surface area contributed by atoms with Crippen molar-refractivity contribution in [3.63, 3.8) is 0 Å². The van der Waals surface area contributed by atoms with Crippen LogP contribution in [0.5, 0.6) is 11.5 Å². The average molecular weight is 358 g/mol. The van der Waals surface area contributed by atoms with Gasteiger partial charge in [-0.15, -0.1) is 0 Å². The Morgan fingerprint density at radius 3 is 2.64 bits per heavy atom. The van der Waals surface area contributed by atoms with Gasteiger partial charge >= 0.3 is 0 Å². The van der Waals surface area contributed by atoms with E-state index in [4.69, 9.17) is 12.2 Å². The van der Waals surface area contributed by atoms with Crippen LogP contribution in [-0.2, 0) is 6.42 Å². The van der Waals surface area contributed by atoms with E-state index in [1.807, 2.05) is 18.7 Å². The molecule has 4 nitrogen and oxygen atoms in total. The van der Waals surface area contributed by atoms with E-state index >= 15 is 0 Å². The Morgan fingerprint density at radius 2 is 1.96 bits per heavy atom. The third-order valence-corrected chi connectivity index (χ3v) is 4.51. The van der Waals surface area contributed by atoms with Crippen LogP contribution in [0.3, 0.4) is 0 Å². The second kappa shape index (κ2) is 6.72. The number of aryl methyl sites for hydroxylation is 2. The first kappa shape index (κ1) is 17.2. The third kappa shape index (κ3) is 3.30. The van der Waals surface area contributed by atoms with Crippen molar-refractivity contribution in [2.24, 2.45) is 0 Å². The van der Waals surface area contributed by atoms with Gasteiger partial charge in [-0.25, -0.2) is 4.39 Å². The number of hydrogen-bond acceptors (Lipinski definition) is 4. The van der Waals surface area contributed by atoms with E-state index in [1.165, 1.54) is 18.2 Å². The van der Waals surface area contributed by atoms with Crippen molar-refractivity contribution in [3.05, 3.63) is 59.0 Å². The highest BCUT2D eigenvalue weighted by molar-refractivity contribution is 7.80. The van der Waals surface area contributed by atoms with Crippen LogP contribution >= 0.6 is 12.2 Å². The van der Waals surface area contributed by atoms with E-state index in [0.717, 1.165) is 16.8 Å². The van der Waals surface area contributed by atoms with Crippen LogP contribution in [0.1, 0.15) is 23.6 Å². The molecule has 3 rings (SSSR count). The van der Waals surface area contributed by atoms with Crippen LogP contribution in [0.15, 0.2) is 36.5 Å². The molecule has 0 aliphatic carbocycles. The van der Waals surface area contributed by atoms with Gasteiger partial charge in [0.2, 0.25) is 0 Å². The van der Waals surface area contributed by atoms with Crippen LogP contribution in [0.4, 0.5) is 10.1 Å².